The first-order chi connectivity index (χ1) is 8.44. The molecule has 1 aliphatic carbocycles. The Balaban J connectivity index is 2.15. The second-order valence-electron chi connectivity index (χ2n) is 5.98. The van der Waals surface area contributed by atoms with E-state index in [0.717, 1.165) is 12.8 Å². The summed E-state index contributed by atoms with van der Waals surface area (Å²) in [6.45, 7) is 4.57. The summed E-state index contributed by atoms with van der Waals surface area (Å²) in [5.74, 6) is 0.600. The summed E-state index contributed by atoms with van der Waals surface area (Å²) in [5.41, 5.74) is 0. The maximum atomic E-state index is 12.6. The molecule has 5 heteroatoms. The summed E-state index contributed by atoms with van der Waals surface area (Å²) in [5, 5.41) is 0. The van der Waals surface area contributed by atoms with Gasteiger partial charge in [-0.05, 0) is 45.4 Å². The molecule has 2 fully saturated rings. The van der Waals surface area contributed by atoms with Crippen LogP contribution in [0, 0.1) is 5.92 Å². The van der Waals surface area contributed by atoms with Crippen LogP contribution in [0.25, 0.3) is 0 Å². The quantitative estimate of drug-likeness (QED) is 0.789. The molecule has 1 saturated carbocycles. The first-order valence-electron chi connectivity index (χ1n) is 7.19. The molecule has 1 saturated heterocycles. The Morgan fingerprint density at radius 1 is 1.11 bits per heavy atom. The van der Waals surface area contributed by atoms with E-state index in [1.54, 1.807) is 11.4 Å². The second-order valence-corrected chi connectivity index (χ2v) is 7.92. The molecule has 0 N–H and O–H groups in total. The molecule has 4 nitrogen and oxygen atoms in total. The Kier molecular flexibility index (Phi) is 4.34. The fourth-order valence-electron chi connectivity index (χ4n) is 3.30. The lowest BCUT2D eigenvalue weighted by molar-refractivity contribution is 0.263. The Morgan fingerprint density at radius 2 is 1.72 bits per heavy atom. The van der Waals surface area contributed by atoms with E-state index in [2.05, 4.69) is 0 Å². The fourth-order valence-corrected chi connectivity index (χ4v) is 5.14. The van der Waals surface area contributed by atoms with Crippen LogP contribution in [0.15, 0.2) is 0 Å². The van der Waals surface area contributed by atoms with Gasteiger partial charge in [0.2, 0.25) is 0 Å². The van der Waals surface area contributed by atoms with Crippen molar-refractivity contribution in [1.29, 1.82) is 0 Å². The van der Waals surface area contributed by atoms with Gasteiger partial charge in [0.25, 0.3) is 10.2 Å². The highest BCUT2D eigenvalue weighted by Crippen LogP contribution is 2.37. The van der Waals surface area contributed by atoms with Crippen LogP contribution in [0.5, 0.6) is 0 Å². The summed E-state index contributed by atoms with van der Waals surface area (Å²) in [6.07, 6.45) is 7.04. The molecule has 1 aliphatic heterocycles. The molecule has 2 aliphatic rings. The fraction of sp³-hybridized carbons (Fsp3) is 1.00. The van der Waals surface area contributed by atoms with Crippen LogP contribution < -0.4 is 0 Å². The van der Waals surface area contributed by atoms with Gasteiger partial charge < -0.3 is 0 Å². The van der Waals surface area contributed by atoms with Gasteiger partial charge in [-0.15, -0.1) is 0 Å². The van der Waals surface area contributed by atoms with Crippen LogP contribution in [0.3, 0.4) is 0 Å². The SMILES string of the molecule is CC(C)N(C)S(=O)(=O)N1CCCC1C1CCCC1. The monoisotopic (exact) mass is 274 g/mol. The van der Waals surface area contributed by atoms with Gasteiger partial charge in [0.05, 0.1) is 0 Å². The lowest BCUT2D eigenvalue weighted by atomic mass is 9.97. The first kappa shape index (κ1) is 14.3. The topological polar surface area (TPSA) is 40.6 Å². The summed E-state index contributed by atoms with van der Waals surface area (Å²) in [7, 11) is -1.56. The third-order valence-corrected chi connectivity index (χ3v) is 6.78. The van der Waals surface area contributed by atoms with E-state index < -0.39 is 10.2 Å². The molecule has 18 heavy (non-hydrogen) atoms. The lowest BCUT2D eigenvalue weighted by Crippen LogP contribution is -2.48. The maximum absolute atomic E-state index is 12.6. The molecule has 0 amide bonds. The molecule has 0 aromatic rings. The molecule has 0 radical (unpaired) electrons. The van der Waals surface area contributed by atoms with Crippen molar-refractivity contribution >= 4 is 10.2 Å². The van der Waals surface area contributed by atoms with E-state index in [9.17, 15) is 8.42 Å². The summed E-state index contributed by atoms with van der Waals surface area (Å²) < 4.78 is 28.5. The number of hydrogen-bond donors (Lipinski definition) is 0. The molecule has 2 rings (SSSR count). The van der Waals surface area contributed by atoms with Gasteiger partial charge >= 0.3 is 0 Å². The van der Waals surface area contributed by atoms with Crippen molar-refractivity contribution in [2.75, 3.05) is 13.6 Å². The Morgan fingerprint density at radius 3 is 2.28 bits per heavy atom. The predicted octanol–water partition coefficient (Wildman–Crippen LogP) is 2.23. The van der Waals surface area contributed by atoms with Gasteiger partial charge in [0, 0.05) is 25.7 Å². The number of nitrogens with zero attached hydrogens (tertiary/aromatic N) is 2. The minimum atomic E-state index is -3.26. The van der Waals surface area contributed by atoms with Crippen LogP contribution in [0.4, 0.5) is 0 Å². The maximum Gasteiger partial charge on any atom is 0.282 e. The molecule has 0 aromatic heterocycles. The summed E-state index contributed by atoms with van der Waals surface area (Å²) in [6, 6.07) is 0.290. The predicted molar refractivity (Wildman–Crippen MR) is 73.5 cm³/mol. The highest BCUT2D eigenvalue weighted by atomic mass is 32.2. The molecular formula is C13H26N2O2S. The van der Waals surface area contributed by atoms with Crippen molar-refractivity contribution in [2.45, 2.75) is 64.5 Å². The van der Waals surface area contributed by atoms with Crippen molar-refractivity contribution < 1.29 is 8.42 Å². The zero-order chi connectivity index (χ0) is 13.3. The highest BCUT2D eigenvalue weighted by molar-refractivity contribution is 7.86. The molecule has 1 heterocycles. The first-order valence-corrected chi connectivity index (χ1v) is 8.59. The van der Waals surface area contributed by atoms with Crippen LogP contribution in [-0.2, 0) is 10.2 Å². The van der Waals surface area contributed by atoms with Gasteiger partial charge in [-0.2, -0.15) is 17.0 Å². The van der Waals surface area contributed by atoms with Crippen molar-refractivity contribution in [3.63, 3.8) is 0 Å². The molecule has 106 valence electrons. The largest absolute Gasteiger partial charge is 0.282 e. The zero-order valence-corrected chi connectivity index (χ0v) is 12.6. The van der Waals surface area contributed by atoms with Crippen LogP contribution in [0.1, 0.15) is 52.4 Å². The second kappa shape index (κ2) is 5.47. The van der Waals surface area contributed by atoms with E-state index in [1.165, 1.54) is 30.0 Å². The zero-order valence-electron chi connectivity index (χ0n) is 11.8. The molecule has 1 atom stereocenters. The summed E-state index contributed by atoms with van der Waals surface area (Å²) >= 11 is 0. The molecule has 0 aromatic carbocycles. The van der Waals surface area contributed by atoms with Crippen LogP contribution in [-0.4, -0.2) is 42.7 Å². The standard InChI is InChI=1S/C13H26N2O2S/c1-11(2)14(3)18(16,17)15-10-6-9-13(15)12-7-4-5-8-12/h11-13H,4-10H2,1-3H3. The minimum absolute atomic E-state index is 0.0276. The Hall–Kier alpha value is -0.130. The van der Waals surface area contributed by atoms with Gasteiger partial charge in [0.1, 0.15) is 0 Å². The number of hydrogen-bond acceptors (Lipinski definition) is 2. The van der Waals surface area contributed by atoms with Gasteiger partial charge in [-0.1, -0.05) is 12.8 Å². The highest BCUT2D eigenvalue weighted by Gasteiger charge is 2.41. The van der Waals surface area contributed by atoms with Gasteiger partial charge in [0.15, 0.2) is 0 Å². The smallest absolute Gasteiger partial charge is 0.195 e. The lowest BCUT2D eigenvalue weighted by Gasteiger charge is -2.33. The molecular weight excluding hydrogens is 248 g/mol. The van der Waals surface area contributed by atoms with E-state index in [1.807, 2.05) is 13.8 Å². The Labute approximate surface area is 112 Å². The summed E-state index contributed by atoms with van der Waals surface area (Å²) in [4.78, 5) is 0. The third kappa shape index (κ3) is 2.58. The van der Waals surface area contributed by atoms with E-state index in [0.29, 0.717) is 12.5 Å². The Bertz CT molecular complexity index is 374. The van der Waals surface area contributed by atoms with Crippen molar-refractivity contribution in [3.8, 4) is 0 Å². The third-order valence-electron chi connectivity index (χ3n) is 4.58. The van der Waals surface area contributed by atoms with Crippen LogP contribution in [0.2, 0.25) is 0 Å². The molecule has 0 spiro atoms. The van der Waals surface area contributed by atoms with Crippen molar-refractivity contribution in [1.82, 2.24) is 8.61 Å². The van der Waals surface area contributed by atoms with Gasteiger partial charge in [-0.25, -0.2) is 0 Å². The average molecular weight is 274 g/mol. The van der Waals surface area contributed by atoms with Crippen molar-refractivity contribution in [3.05, 3.63) is 0 Å². The average Bonchev–Trinajstić information content (AvgIpc) is 2.97. The minimum Gasteiger partial charge on any atom is -0.195 e. The van der Waals surface area contributed by atoms with E-state index in [-0.39, 0.29) is 12.1 Å². The normalized spacial score (nSPS) is 27.7. The van der Waals surface area contributed by atoms with Crippen molar-refractivity contribution in [2.24, 2.45) is 5.92 Å². The molecule has 1 unspecified atom stereocenters. The van der Waals surface area contributed by atoms with E-state index in [4.69, 9.17) is 0 Å². The number of rotatable bonds is 4. The van der Waals surface area contributed by atoms with Crippen LogP contribution >= 0.6 is 0 Å². The van der Waals surface area contributed by atoms with E-state index >= 15 is 0 Å². The molecule has 0 bridgehead atoms. The van der Waals surface area contributed by atoms with Gasteiger partial charge in [-0.3, -0.25) is 0 Å².